The van der Waals surface area contributed by atoms with Crippen LogP contribution in [-0.4, -0.2) is 25.3 Å². The molecule has 0 saturated carbocycles. The van der Waals surface area contributed by atoms with Crippen LogP contribution in [0.15, 0.2) is 40.9 Å². The van der Waals surface area contributed by atoms with E-state index < -0.39 is 5.97 Å². The van der Waals surface area contributed by atoms with Crippen molar-refractivity contribution in [3.63, 3.8) is 0 Å². The minimum Gasteiger partial charge on any atom is -0.493 e. The first kappa shape index (κ1) is 19.2. The second-order valence-electron chi connectivity index (χ2n) is 6.90. The molecule has 0 fully saturated rings. The second kappa shape index (κ2) is 7.33. The molecular formula is C21H19BrClNO4. The molecular weight excluding hydrogens is 446 g/mol. The third kappa shape index (κ3) is 2.95. The Morgan fingerprint density at radius 3 is 2.75 bits per heavy atom. The van der Waals surface area contributed by atoms with E-state index in [1.54, 1.807) is 26.4 Å². The maximum absolute atomic E-state index is 11.8. The summed E-state index contributed by atoms with van der Waals surface area (Å²) in [6.07, 6.45) is 5.05. The molecule has 1 aliphatic carbocycles. The largest absolute Gasteiger partial charge is 0.493 e. The van der Waals surface area contributed by atoms with Crippen LogP contribution in [0.3, 0.4) is 0 Å². The lowest BCUT2D eigenvalue weighted by Crippen LogP contribution is -2.30. The number of benzene rings is 2. The maximum Gasteiger partial charge on any atom is 0.336 e. The second-order valence-corrected chi connectivity index (χ2v) is 8.16. The van der Waals surface area contributed by atoms with Crippen LogP contribution in [0.2, 0.25) is 5.02 Å². The Morgan fingerprint density at radius 1 is 1.29 bits per heavy atom. The van der Waals surface area contributed by atoms with Crippen LogP contribution in [0.1, 0.15) is 39.9 Å². The molecule has 4 rings (SSSR count). The first-order valence-electron chi connectivity index (χ1n) is 8.86. The van der Waals surface area contributed by atoms with E-state index in [0.29, 0.717) is 27.8 Å². The van der Waals surface area contributed by atoms with Crippen molar-refractivity contribution in [3.8, 4) is 11.5 Å². The molecule has 0 spiro atoms. The number of allylic oxidation sites excluding steroid dienone is 2. The van der Waals surface area contributed by atoms with E-state index in [2.05, 4.69) is 33.4 Å². The zero-order valence-corrected chi connectivity index (χ0v) is 17.7. The third-order valence-electron chi connectivity index (χ3n) is 5.51. The zero-order valence-electron chi connectivity index (χ0n) is 15.3. The van der Waals surface area contributed by atoms with E-state index in [1.807, 2.05) is 12.1 Å². The highest BCUT2D eigenvalue weighted by Crippen LogP contribution is 2.53. The Balaban J connectivity index is 1.86. The summed E-state index contributed by atoms with van der Waals surface area (Å²) < 4.78 is 11.7. The standard InChI is InChI=1S/C21H19BrClNO4/c1-27-16-9-10(8-14(22)20(16)28-2)18-12-5-3-4-11(12)17-13(21(25)26)6-7-15(23)19(17)24-18/h3-4,6-9,11-12,18,24H,5H2,1-2H3,(H,25,26)/t11-,12-,18+/m1/s1. The normalized spacial score (nSPS) is 22.2. The van der Waals surface area contributed by atoms with Crippen LogP contribution < -0.4 is 14.8 Å². The SMILES string of the molecule is COc1cc([C@@H]2Nc3c(Cl)ccc(C(=O)O)c3[C@@H]3C=CC[C@H]32)cc(Br)c1OC. The van der Waals surface area contributed by atoms with Crippen LogP contribution in [0.5, 0.6) is 11.5 Å². The Morgan fingerprint density at radius 2 is 2.07 bits per heavy atom. The molecule has 146 valence electrons. The third-order valence-corrected chi connectivity index (χ3v) is 6.42. The van der Waals surface area contributed by atoms with E-state index in [0.717, 1.165) is 22.0 Å². The fourth-order valence-corrected chi connectivity index (χ4v) is 5.15. The van der Waals surface area contributed by atoms with Crippen molar-refractivity contribution in [2.45, 2.75) is 18.4 Å². The molecule has 7 heteroatoms. The molecule has 3 atom stereocenters. The molecule has 2 N–H and O–H groups in total. The van der Waals surface area contributed by atoms with Crippen LogP contribution in [0.4, 0.5) is 5.69 Å². The highest BCUT2D eigenvalue weighted by atomic mass is 79.9. The van der Waals surface area contributed by atoms with E-state index in [-0.39, 0.29) is 17.9 Å². The van der Waals surface area contributed by atoms with Gasteiger partial charge in [0.1, 0.15) is 0 Å². The first-order valence-corrected chi connectivity index (χ1v) is 10.0. The van der Waals surface area contributed by atoms with Gasteiger partial charge < -0.3 is 19.9 Å². The summed E-state index contributed by atoms with van der Waals surface area (Å²) in [6.45, 7) is 0. The number of methoxy groups -OCH3 is 2. The summed E-state index contributed by atoms with van der Waals surface area (Å²) in [4.78, 5) is 11.8. The van der Waals surface area contributed by atoms with Gasteiger partial charge in [0, 0.05) is 5.92 Å². The van der Waals surface area contributed by atoms with E-state index in [9.17, 15) is 9.90 Å². The van der Waals surface area contributed by atoms with Crippen molar-refractivity contribution in [1.29, 1.82) is 0 Å². The molecule has 0 bridgehead atoms. The van der Waals surface area contributed by atoms with Crippen LogP contribution in [0, 0.1) is 5.92 Å². The van der Waals surface area contributed by atoms with Gasteiger partial charge in [-0.3, -0.25) is 0 Å². The molecule has 2 aliphatic rings. The quantitative estimate of drug-likeness (QED) is 0.573. The van der Waals surface area contributed by atoms with Gasteiger partial charge in [0.25, 0.3) is 0 Å². The Kier molecular flexibility index (Phi) is 5.02. The minimum absolute atomic E-state index is 0.0158. The van der Waals surface area contributed by atoms with Crippen LogP contribution in [0.25, 0.3) is 0 Å². The molecule has 1 aliphatic heterocycles. The lowest BCUT2D eigenvalue weighted by atomic mass is 9.75. The number of aromatic carboxylic acids is 1. The van der Waals surface area contributed by atoms with Gasteiger partial charge >= 0.3 is 5.97 Å². The number of rotatable bonds is 4. The highest BCUT2D eigenvalue weighted by molar-refractivity contribution is 9.10. The van der Waals surface area contributed by atoms with Crippen molar-refractivity contribution in [1.82, 2.24) is 0 Å². The monoisotopic (exact) mass is 463 g/mol. The number of carboxylic acids is 1. The average molecular weight is 465 g/mol. The number of ether oxygens (including phenoxy) is 2. The van der Waals surface area contributed by atoms with Gasteiger partial charge in [-0.2, -0.15) is 0 Å². The molecule has 0 amide bonds. The van der Waals surface area contributed by atoms with Crippen molar-refractivity contribution >= 4 is 39.2 Å². The molecule has 28 heavy (non-hydrogen) atoms. The van der Waals surface area contributed by atoms with Crippen LogP contribution >= 0.6 is 27.5 Å². The summed E-state index contributed by atoms with van der Waals surface area (Å²) in [5, 5.41) is 13.7. The van der Waals surface area contributed by atoms with Crippen molar-refractivity contribution in [2.24, 2.45) is 5.92 Å². The summed E-state index contributed by atoms with van der Waals surface area (Å²) in [7, 11) is 3.20. The number of anilines is 1. The number of carboxylic acid groups (broad SMARTS) is 1. The molecule has 5 nitrogen and oxygen atoms in total. The Hall–Kier alpha value is -2.18. The minimum atomic E-state index is -0.943. The van der Waals surface area contributed by atoms with Gasteiger partial charge in [0.05, 0.1) is 41.0 Å². The molecule has 0 saturated heterocycles. The smallest absolute Gasteiger partial charge is 0.336 e. The molecule has 2 aromatic rings. The number of carbonyl (C=O) groups is 1. The van der Waals surface area contributed by atoms with Gasteiger partial charge in [-0.15, -0.1) is 0 Å². The number of nitrogens with one attached hydrogen (secondary N) is 1. The Labute approximate surface area is 176 Å². The van der Waals surface area contributed by atoms with E-state index in [4.69, 9.17) is 21.1 Å². The molecule has 0 unspecified atom stereocenters. The predicted molar refractivity (Wildman–Crippen MR) is 112 cm³/mol. The summed E-state index contributed by atoms with van der Waals surface area (Å²) in [5.74, 6) is 0.482. The van der Waals surface area contributed by atoms with Gasteiger partial charge in [0.15, 0.2) is 11.5 Å². The fourth-order valence-electron chi connectivity index (χ4n) is 4.31. The summed E-state index contributed by atoms with van der Waals surface area (Å²) >= 11 is 10.0. The average Bonchev–Trinajstić information content (AvgIpc) is 3.16. The molecule has 1 heterocycles. The highest BCUT2D eigenvalue weighted by Gasteiger charge is 2.41. The summed E-state index contributed by atoms with van der Waals surface area (Å²) in [6, 6.07) is 7.13. The lowest BCUT2D eigenvalue weighted by molar-refractivity contribution is 0.0695. The van der Waals surface area contributed by atoms with Crippen molar-refractivity contribution < 1.29 is 19.4 Å². The van der Waals surface area contributed by atoms with Gasteiger partial charge in [-0.05, 0) is 63.7 Å². The van der Waals surface area contributed by atoms with Gasteiger partial charge in [-0.1, -0.05) is 23.8 Å². The fraction of sp³-hybridized carbons (Fsp3) is 0.286. The zero-order chi connectivity index (χ0) is 20.0. The van der Waals surface area contributed by atoms with Crippen LogP contribution in [-0.2, 0) is 0 Å². The molecule has 0 aromatic heterocycles. The van der Waals surface area contributed by atoms with Crippen molar-refractivity contribution in [3.05, 3.63) is 62.6 Å². The summed E-state index contributed by atoms with van der Waals surface area (Å²) in [5.41, 5.74) is 2.76. The predicted octanol–water partition coefficient (Wildman–Crippen LogP) is 5.64. The van der Waals surface area contributed by atoms with Gasteiger partial charge in [-0.25, -0.2) is 4.79 Å². The molecule has 0 radical (unpaired) electrons. The lowest BCUT2D eigenvalue weighted by Gasteiger charge is -2.38. The first-order chi connectivity index (χ1) is 13.5. The number of fused-ring (bicyclic) bond motifs is 3. The number of hydrogen-bond donors (Lipinski definition) is 2. The number of halogens is 2. The van der Waals surface area contributed by atoms with Gasteiger partial charge in [0.2, 0.25) is 0 Å². The maximum atomic E-state index is 11.8. The van der Waals surface area contributed by atoms with E-state index in [1.165, 1.54) is 0 Å². The Bertz CT molecular complexity index is 991. The molecule has 2 aromatic carbocycles. The van der Waals surface area contributed by atoms with E-state index >= 15 is 0 Å². The topological polar surface area (TPSA) is 67.8 Å². The van der Waals surface area contributed by atoms with Crippen molar-refractivity contribution in [2.75, 3.05) is 19.5 Å². The number of hydrogen-bond acceptors (Lipinski definition) is 4.